The lowest BCUT2D eigenvalue weighted by Gasteiger charge is -2.15. The lowest BCUT2D eigenvalue weighted by atomic mass is 10.1. The minimum absolute atomic E-state index is 0.214. The van der Waals surface area contributed by atoms with Crippen molar-refractivity contribution in [2.75, 3.05) is 27.4 Å². The van der Waals surface area contributed by atoms with E-state index in [1.54, 1.807) is 14.2 Å². The first-order chi connectivity index (χ1) is 13.6. The highest BCUT2D eigenvalue weighted by atomic mass is 19.1. The van der Waals surface area contributed by atoms with Gasteiger partial charge in [0.25, 0.3) is 0 Å². The lowest BCUT2D eigenvalue weighted by Crippen LogP contribution is -2.36. The summed E-state index contributed by atoms with van der Waals surface area (Å²) in [7, 11) is 3.27. The Balaban J connectivity index is 1.98. The molecule has 0 aliphatic heterocycles. The molecule has 2 N–H and O–H groups in total. The van der Waals surface area contributed by atoms with Gasteiger partial charge in [-0.15, -0.1) is 0 Å². The van der Waals surface area contributed by atoms with Gasteiger partial charge in [-0.3, -0.25) is 4.99 Å². The monoisotopic (exact) mass is 384 g/mol. The Kier molecular flexibility index (Phi) is 8.25. The molecule has 2 rings (SSSR count). The van der Waals surface area contributed by atoms with Crippen molar-refractivity contribution >= 4 is 5.96 Å². The predicted molar refractivity (Wildman–Crippen MR) is 107 cm³/mol. The van der Waals surface area contributed by atoms with Crippen molar-refractivity contribution in [1.29, 1.82) is 5.26 Å². The molecule has 0 radical (unpaired) electrons. The van der Waals surface area contributed by atoms with Gasteiger partial charge in [0.1, 0.15) is 18.2 Å². The van der Waals surface area contributed by atoms with Gasteiger partial charge in [0, 0.05) is 38.4 Å². The number of nitriles is 1. The third kappa shape index (κ3) is 6.25. The molecule has 0 bridgehead atoms. The molecule has 0 aliphatic carbocycles. The van der Waals surface area contributed by atoms with Gasteiger partial charge in [0.15, 0.2) is 5.96 Å². The van der Waals surface area contributed by atoms with E-state index in [-0.39, 0.29) is 12.4 Å². The minimum atomic E-state index is -0.366. The van der Waals surface area contributed by atoms with Crippen LogP contribution in [0.1, 0.15) is 22.3 Å². The number of benzene rings is 2. The van der Waals surface area contributed by atoms with Crippen LogP contribution in [-0.4, -0.2) is 33.3 Å². The fourth-order valence-electron chi connectivity index (χ4n) is 2.54. The molecule has 28 heavy (non-hydrogen) atoms. The van der Waals surface area contributed by atoms with E-state index in [0.717, 1.165) is 16.9 Å². The van der Waals surface area contributed by atoms with E-state index in [1.807, 2.05) is 31.2 Å². The van der Waals surface area contributed by atoms with Crippen LogP contribution in [0.25, 0.3) is 0 Å². The van der Waals surface area contributed by atoms with Crippen LogP contribution in [0.4, 0.5) is 4.39 Å². The number of ether oxygens (including phenoxy) is 2. The average molecular weight is 384 g/mol. The van der Waals surface area contributed by atoms with Gasteiger partial charge in [0.2, 0.25) is 0 Å². The summed E-state index contributed by atoms with van der Waals surface area (Å²) in [6.45, 7) is 3.69. The Labute approximate surface area is 165 Å². The molecule has 6 nitrogen and oxygen atoms in total. The van der Waals surface area contributed by atoms with Crippen molar-refractivity contribution in [3.8, 4) is 11.8 Å². The van der Waals surface area contributed by atoms with Crippen molar-refractivity contribution in [3.63, 3.8) is 0 Å². The molecular formula is C21H25FN4O2. The number of hydrogen-bond donors (Lipinski definition) is 2. The van der Waals surface area contributed by atoms with E-state index in [1.165, 1.54) is 18.2 Å². The van der Waals surface area contributed by atoms with E-state index in [4.69, 9.17) is 14.7 Å². The summed E-state index contributed by atoms with van der Waals surface area (Å²) in [6.07, 6.45) is 0. The molecule has 0 aliphatic rings. The number of methoxy groups -OCH3 is 1. The van der Waals surface area contributed by atoms with Crippen LogP contribution in [0.3, 0.4) is 0 Å². The Morgan fingerprint density at radius 2 is 1.86 bits per heavy atom. The number of halogens is 1. The topological polar surface area (TPSA) is 78.7 Å². The minimum Gasteiger partial charge on any atom is -0.491 e. The van der Waals surface area contributed by atoms with E-state index in [2.05, 4.69) is 15.6 Å². The van der Waals surface area contributed by atoms with Gasteiger partial charge >= 0.3 is 0 Å². The van der Waals surface area contributed by atoms with Crippen LogP contribution < -0.4 is 15.4 Å². The summed E-state index contributed by atoms with van der Waals surface area (Å²) < 4.78 is 24.7. The first kappa shape index (κ1) is 21.2. The number of nitrogens with zero attached hydrogens (tertiary/aromatic N) is 2. The number of rotatable bonds is 8. The van der Waals surface area contributed by atoms with Crippen LogP contribution >= 0.6 is 0 Å². The smallest absolute Gasteiger partial charge is 0.191 e. The Morgan fingerprint density at radius 1 is 1.11 bits per heavy atom. The van der Waals surface area contributed by atoms with Crippen LogP contribution in [-0.2, 0) is 17.8 Å². The van der Waals surface area contributed by atoms with Gasteiger partial charge in [-0.1, -0.05) is 12.1 Å². The average Bonchev–Trinajstić information content (AvgIpc) is 2.70. The number of guanidine groups is 1. The first-order valence-electron chi connectivity index (χ1n) is 8.91. The maximum atomic E-state index is 13.9. The highest BCUT2D eigenvalue weighted by molar-refractivity contribution is 5.79. The summed E-state index contributed by atoms with van der Waals surface area (Å²) in [5.41, 5.74) is 2.90. The fraction of sp³-hybridized carbons (Fsp3) is 0.333. The predicted octanol–water partition coefficient (Wildman–Crippen LogP) is 2.90. The molecule has 148 valence electrons. The van der Waals surface area contributed by atoms with Crippen LogP contribution in [0.2, 0.25) is 0 Å². The molecule has 0 unspecified atom stereocenters. The van der Waals surface area contributed by atoms with E-state index < -0.39 is 0 Å². The molecule has 0 spiro atoms. The quantitative estimate of drug-likeness (QED) is 0.416. The lowest BCUT2D eigenvalue weighted by molar-refractivity contribution is 0.145. The van der Waals surface area contributed by atoms with Gasteiger partial charge < -0.3 is 20.1 Å². The highest BCUT2D eigenvalue weighted by Gasteiger charge is 2.08. The van der Waals surface area contributed by atoms with E-state index in [9.17, 15) is 4.39 Å². The summed E-state index contributed by atoms with van der Waals surface area (Å²) >= 11 is 0. The first-order valence-corrected chi connectivity index (χ1v) is 8.91. The molecule has 0 aromatic heterocycles. The normalized spacial score (nSPS) is 11.0. The molecule has 0 heterocycles. The van der Waals surface area contributed by atoms with Gasteiger partial charge in [-0.05, 0) is 36.8 Å². The summed E-state index contributed by atoms with van der Waals surface area (Å²) in [4.78, 5) is 4.16. The van der Waals surface area contributed by atoms with Crippen LogP contribution in [0.15, 0.2) is 41.4 Å². The molecular weight excluding hydrogens is 359 g/mol. The molecule has 0 saturated heterocycles. The molecule has 7 heteroatoms. The Hall–Kier alpha value is -3.11. The maximum Gasteiger partial charge on any atom is 0.191 e. The van der Waals surface area contributed by atoms with Crippen molar-refractivity contribution in [2.45, 2.75) is 20.0 Å². The second kappa shape index (κ2) is 10.9. The Bertz CT molecular complexity index is 862. The van der Waals surface area contributed by atoms with Crippen molar-refractivity contribution in [1.82, 2.24) is 10.6 Å². The third-order valence-electron chi connectivity index (χ3n) is 4.06. The molecule has 2 aromatic rings. The van der Waals surface area contributed by atoms with Crippen molar-refractivity contribution in [2.24, 2.45) is 4.99 Å². The highest BCUT2D eigenvalue weighted by Crippen LogP contribution is 2.20. The molecule has 2 aromatic carbocycles. The summed E-state index contributed by atoms with van der Waals surface area (Å²) in [5, 5.41) is 15.2. The second-order valence-corrected chi connectivity index (χ2v) is 6.15. The number of hydrogen-bond acceptors (Lipinski definition) is 4. The van der Waals surface area contributed by atoms with E-state index in [0.29, 0.717) is 36.8 Å². The zero-order valence-electron chi connectivity index (χ0n) is 16.4. The standard InChI is InChI=1S/C21H25FN4O2/c1-15-4-6-17(20(10-15)28-9-8-27-3)13-25-21(24-2)26-14-18-11-16(12-23)5-7-19(18)22/h4-7,10-11H,8-9,13-14H2,1-3H3,(H2,24,25,26). The van der Waals surface area contributed by atoms with Gasteiger partial charge in [-0.2, -0.15) is 5.26 Å². The van der Waals surface area contributed by atoms with Crippen molar-refractivity contribution < 1.29 is 13.9 Å². The second-order valence-electron chi connectivity index (χ2n) is 6.15. The molecule has 0 saturated carbocycles. The largest absolute Gasteiger partial charge is 0.491 e. The molecule has 0 fully saturated rings. The van der Waals surface area contributed by atoms with E-state index >= 15 is 0 Å². The fourth-order valence-corrected chi connectivity index (χ4v) is 2.54. The number of nitrogens with one attached hydrogen (secondary N) is 2. The van der Waals surface area contributed by atoms with Gasteiger partial charge in [-0.25, -0.2) is 4.39 Å². The maximum absolute atomic E-state index is 13.9. The third-order valence-corrected chi connectivity index (χ3v) is 4.06. The SMILES string of the molecule is CN=C(NCc1cc(C#N)ccc1F)NCc1ccc(C)cc1OCCOC. The number of aliphatic imine (C=N–C) groups is 1. The van der Waals surface area contributed by atoms with Crippen LogP contribution in [0, 0.1) is 24.1 Å². The summed E-state index contributed by atoms with van der Waals surface area (Å²) in [6, 6.07) is 12.3. The van der Waals surface area contributed by atoms with Crippen LogP contribution in [0.5, 0.6) is 5.75 Å². The van der Waals surface area contributed by atoms with Gasteiger partial charge in [0.05, 0.1) is 18.2 Å². The zero-order chi connectivity index (χ0) is 20.4. The van der Waals surface area contributed by atoms with Crippen molar-refractivity contribution in [3.05, 3.63) is 64.5 Å². The number of aryl methyl sites for hydroxylation is 1. The zero-order valence-corrected chi connectivity index (χ0v) is 16.4. The molecule has 0 amide bonds. The Morgan fingerprint density at radius 3 is 2.54 bits per heavy atom. The molecule has 0 atom stereocenters. The summed E-state index contributed by atoms with van der Waals surface area (Å²) in [5.74, 6) is 0.937.